The van der Waals surface area contributed by atoms with Gasteiger partial charge in [-0.3, -0.25) is 14.9 Å². The van der Waals surface area contributed by atoms with Crippen molar-refractivity contribution in [3.05, 3.63) is 32.8 Å². The molecule has 7 heteroatoms. The first-order valence-corrected chi connectivity index (χ1v) is 7.43. The fourth-order valence-electron chi connectivity index (χ4n) is 2.37. The van der Waals surface area contributed by atoms with E-state index in [9.17, 15) is 14.9 Å². The van der Waals surface area contributed by atoms with Gasteiger partial charge in [-0.2, -0.15) is 0 Å². The summed E-state index contributed by atoms with van der Waals surface area (Å²) >= 11 is 3.24. The first-order chi connectivity index (χ1) is 9.56. The van der Waals surface area contributed by atoms with E-state index in [1.165, 1.54) is 36.3 Å². The zero-order valence-electron chi connectivity index (χ0n) is 11.0. The number of carbonyl (C=O) groups is 1. The summed E-state index contributed by atoms with van der Waals surface area (Å²) in [5.41, 5.74) is 0.563. The van der Waals surface area contributed by atoms with Gasteiger partial charge in [0.05, 0.1) is 23.7 Å². The third-order valence-corrected chi connectivity index (χ3v) is 4.06. The van der Waals surface area contributed by atoms with Gasteiger partial charge in [0.1, 0.15) is 0 Å². The van der Waals surface area contributed by atoms with E-state index in [4.69, 9.17) is 0 Å². The molecule has 108 valence electrons. The summed E-state index contributed by atoms with van der Waals surface area (Å²) in [5.74, 6) is -0.0588. The van der Waals surface area contributed by atoms with Gasteiger partial charge in [-0.1, -0.05) is 0 Å². The van der Waals surface area contributed by atoms with Crippen LogP contribution in [0, 0.1) is 10.1 Å². The summed E-state index contributed by atoms with van der Waals surface area (Å²) < 4.78 is 0.522. The Balaban J connectivity index is 1.95. The molecule has 1 heterocycles. The highest BCUT2D eigenvalue weighted by atomic mass is 79.9. The number of nitro groups is 1. The molecule has 1 aliphatic heterocycles. The van der Waals surface area contributed by atoms with Crippen molar-refractivity contribution in [2.45, 2.75) is 19.3 Å². The van der Waals surface area contributed by atoms with Crippen molar-refractivity contribution in [2.75, 3.05) is 25.0 Å². The molecule has 0 bridgehead atoms. The summed E-state index contributed by atoms with van der Waals surface area (Å²) in [6.45, 7) is 2.52. The number of piperidine rings is 1. The van der Waals surface area contributed by atoms with Crippen molar-refractivity contribution in [1.82, 2.24) is 0 Å². The molecule has 1 fully saturated rings. The molecule has 1 aromatic carbocycles. The number of nitrogens with one attached hydrogen (secondary N) is 2. The van der Waals surface area contributed by atoms with Crippen LogP contribution < -0.4 is 10.2 Å². The monoisotopic (exact) mass is 342 g/mol. The molecule has 1 amide bonds. The van der Waals surface area contributed by atoms with Gasteiger partial charge in [0.2, 0.25) is 0 Å². The zero-order chi connectivity index (χ0) is 14.5. The molecule has 2 N–H and O–H groups in total. The van der Waals surface area contributed by atoms with E-state index in [0.717, 1.165) is 13.1 Å². The lowest BCUT2D eigenvalue weighted by molar-refractivity contribution is -0.896. The van der Waals surface area contributed by atoms with Gasteiger partial charge in [0.25, 0.3) is 11.6 Å². The molecule has 0 aliphatic carbocycles. The Hall–Kier alpha value is -1.47. The highest BCUT2D eigenvalue weighted by Crippen LogP contribution is 2.26. The molecular formula is C13H17BrN3O3+. The van der Waals surface area contributed by atoms with E-state index in [0.29, 0.717) is 16.7 Å². The largest absolute Gasteiger partial charge is 0.327 e. The maximum Gasteiger partial charge on any atom is 0.279 e. The second kappa shape index (κ2) is 6.81. The zero-order valence-corrected chi connectivity index (χ0v) is 12.6. The number of carbonyl (C=O) groups excluding carboxylic acids is 1. The highest BCUT2D eigenvalue weighted by Gasteiger charge is 2.18. The summed E-state index contributed by atoms with van der Waals surface area (Å²) in [7, 11) is 0. The van der Waals surface area contributed by atoms with Gasteiger partial charge in [0.15, 0.2) is 6.54 Å². The van der Waals surface area contributed by atoms with E-state index >= 15 is 0 Å². The lowest BCUT2D eigenvalue weighted by atomic mass is 10.1. The number of nitrogens with zero attached hydrogens (tertiary/aromatic N) is 1. The number of rotatable bonds is 4. The van der Waals surface area contributed by atoms with Crippen LogP contribution in [0.25, 0.3) is 0 Å². The molecule has 6 nitrogen and oxygen atoms in total. The normalized spacial score (nSPS) is 15.8. The van der Waals surface area contributed by atoms with Crippen molar-refractivity contribution in [1.29, 1.82) is 0 Å². The first kappa shape index (κ1) is 14.9. The lowest BCUT2D eigenvalue weighted by Crippen LogP contribution is -3.13. The standard InChI is InChI=1S/C13H16BrN3O3/c14-11-8-10(17(19)20)4-5-12(11)15-13(18)9-16-6-2-1-3-7-16/h4-5,8H,1-3,6-7,9H2,(H,15,18)/p+1. The van der Waals surface area contributed by atoms with E-state index in [2.05, 4.69) is 21.2 Å². The Labute approximate surface area is 125 Å². The SMILES string of the molecule is O=C(C[NH+]1CCCCC1)Nc1ccc([N+](=O)[O-])cc1Br. The molecule has 0 aromatic heterocycles. The first-order valence-electron chi connectivity index (χ1n) is 6.63. The number of benzene rings is 1. The van der Waals surface area contributed by atoms with Crippen LogP contribution in [0.2, 0.25) is 0 Å². The van der Waals surface area contributed by atoms with Gasteiger partial charge in [-0.05, 0) is 41.3 Å². The number of hydrogen-bond donors (Lipinski definition) is 2. The summed E-state index contributed by atoms with van der Waals surface area (Å²) in [5, 5.41) is 13.4. The third-order valence-electron chi connectivity index (χ3n) is 3.41. The molecule has 2 rings (SSSR count). The van der Waals surface area contributed by atoms with Crippen molar-refractivity contribution >= 4 is 33.2 Å². The molecule has 0 spiro atoms. The van der Waals surface area contributed by atoms with Crippen LogP contribution in [0.4, 0.5) is 11.4 Å². The van der Waals surface area contributed by atoms with Crippen LogP contribution in [0.3, 0.4) is 0 Å². The third kappa shape index (κ3) is 4.01. The van der Waals surface area contributed by atoms with Gasteiger partial charge in [0, 0.05) is 16.6 Å². The van der Waals surface area contributed by atoms with Crippen molar-refractivity contribution in [3.8, 4) is 0 Å². The Kier molecular flexibility index (Phi) is 5.08. The number of non-ortho nitro benzene ring substituents is 1. The van der Waals surface area contributed by atoms with Crippen LogP contribution in [0.5, 0.6) is 0 Å². The van der Waals surface area contributed by atoms with Gasteiger partial charge in [-0.25, -0.2) is 0 Å². The molecule has 0 atom stereocenters. The van der Waals surface area contributed by atoms with Crippen LogP contribution in [-0.4, -0.2) is 30.5 Å². The maximum atomic E-state index is 12.0. The molecule has 1 saturated heterocycles. The molecule has 0 saturated carbocycles. The van der Waals surface area contributed by atoms with E-state index < -0.39 is 4.92 Å². The van der Waals surface area contributed by atoms with Crippen LogP contribution >= 0.6 is 15.9 Å². The average Bonchev–Trinajstić information content (AvgIpc) is 2.42. The van der Waals surface area contributed by atoms with Crippen molar-refractivity contribution in [2.24, 2.45) is 0 Å². The van der Waals surface area contributed by atoms with Crippen molar-refractivity contribution in [3.63, 3.8) is 0 Å². The second-order valence-electron chi connectivity index (χ2n) is 4.96. The number of amides is 1. The smallest absolute Gasteiger partial charge is 0.279 e. The lowest BCUT2D eigenvalue weighted by Gasteiger charge is -2.22. The predicted molar refractivity (Wildman–Crippen MR) is 78.8 cm³/mol. The average molecular weight is 343 g/mol. The molecule has 20 heavy (non-hydrogen) atoms. The number of halogens is 1. The Morgan fingerprint density at radius 1 is 1.35 bits per heavy atom. The van der Waals surface area contributed by atoms with Crippen LogP contribution in [-0.2, 0) is 4.79 Å². The molecule has 0 unspecified atom stereocenters. The Morgan fingerprint density at radius 2 is 2.05 bits per heavy atom. The van der Waals surface area contributed by atoms with Gasteiger partial charge < -0.3 is 10.2 Å². The summed E-state index contributed by atoms with van der Waals surface area (Å²) in [4.78, 5) is 23.4. The molecule has 1 aliphatic rings. The summed E-state index contributed by atoms with van der Waals surface area (Å²) in [6.07, 6.45) is 3.59. The Morgan fingerprint density at radius 3 is 2.65 bits per heavy atom. The number of nitro benzene ring substituents is 1. The topological polar surface area (TPSA) is 76.7 Å². The maximum absolute atomic E-state index is 12.0. The number of anilines is 1. The number of likely N-dealkylation sites (tertiary alicyclic amines) is 1. The molecule has 1 aromatic rings. The molecule has 0 radical (unpaired) electrons. The number of quaternary nitrogens is 1. The summed E-state index contributed by atoms with van der Waals surface area (Å²) in [6, 6.07) is 4.32. The quantitative estimate of drug-likeness (QED) is 0.640. The minimum atomic E-state index is -0.464. The fourth-order valence-corrected chi connectivity index (χ4v) is 2.83. The predicted octanol–water partition coefficient (Wildman–Crippen LogP) is 1.36. The minimum Gasteiger partial charge on any atom is -0.327 e. The van der Waals surface area contributed by atoms with Crippen LogP contribution in [0.15, 0.2) is 22.7 Å². The number of hydrogen-bond acceptors (Lipinski definition) is 3. The van der Waals surface area contributed by atoms with Gasteiger partial charge in [-0.15, -0.1) is 0 Å². The fraction of sp³-hybridized carbons (Fsp3) is 0.462. The minimum absolute atomic E-state index is 0.00321. The van der Waals surface area contributed by atoms with Crippen molar-refractivity contribution < 1.29 is 14.6 Å². The van der Waals surface area contributed by atoms with Crippen LogP contribution in [0.1, 0.15) is 19.3 Å². The molecular weight excluding hydrogens is 326 g/mol. The highest BCUT2D eigenvalue weighted by molar-refractivity contribution is 9.10. The van der Waals surface area contributed by atoms with E-state index in [1.54, 1.807) is 6.07 Å². The second-order valence-corrected chi connectivity index (χ2v) is 5.81. The van der Waals surface area contributed by atoms with E-state index in [-0.39, 0.29) is 11.6 Å². The van der Waals surface area contributed by atoms with E-state index in [1.807, 2.05) is 0 Å². The Bertz CT molecular complexity index is 516. The van der Waals surface area contributed by atoms with Gasteiger partial charge >= 0.3 is 0 Å².